The highest BCUT2D eigenvalue weighted by molar-refractivity contribution is 8.04. The van der Waals surface area contributed by atoms with Gasteiger partial charge in [0.25, 0.3) is 0 Å². The van der Waals surface area contributed by atoms with Crippen molar-refractivity contribution in [2.45, 2.75) is 37.4 Å². The summed E-state index contributed by atoms with van der Waals surface area (Å²) in [4.78, 5) is 14.2. The van der Waals surface area contributed by atoms with Crippen molar-refractivity contribution in [3.05, 3.63) is 76.2 Å². The molecule has 5 heteroatoms. The van der Waals surface area contributed by atoms with Crippen LogP contribution in [0.5, 0.6) is 5.75 Å². The summed E-state index contributed by atoms with van der Waals surface area (Å²) in [5, 5.41) is 6.95. The number of ether oxygens (including phenoxy) is 1. The van der Waals surface area contributed by atoms with Crippen molar-refractivity contribution in [3.63, 3.8) is 0 Å². The zero-order chi connectivity index (χ0) is 18.2. The molecule has 0 saturated carbocycles. The molecule has 1 amide bonds. The van der Waals surface area contributed by atoms with Crippen LogP contribution in [0.3, 0.4) is 0 Å². The largest absolute Gasteiger partial charge is 0.489 e. The highest BCUT2D eigenvalue weighted by atomic mass is 32.2. The van der Waals surface area contributed by atoms with Crippen molar-refractivity contribution >= 4 is 17.7 Å². The number of benzene rings is 2. The first-order valence-electron chi connectivity index (χ1n) is 9.49. The Kier molecular flexibility index (Phi) is 4.42. The van der Waals surface area contributed by atoms with Gasteiger partial charge in [0.1, 0.15) is 18.5 Å². The minimum atomic E-state index is -0.174. The predicted molar refractivity (Wildman–Crippen MR) is 107 cm³/mol. The van der Waals surface area contributed by atoms with E-state index in [1.807, 2.05) is 54.2 Å². The molecule has 3 atom stereocenters. The zero-order valence-electron chi connectivity index (χ0n) is 15.0. The Labute approximate surface area is 163 Å². The van der Waals surface area contributed by atoms with E-state index in [4.69, 9.17) is 4.74 Å². The van der Waals surface area contributed by atoms with E-state index in [9.17, 15) is 4.79 Å². The van der Waals surface area contributed by atoms with Crippen LogP contribution in [-0.4, -0.2) is 11.3 Å². The number of carbonyl (C=O) groups is 1. The van der Waals surface area contributed by atoms with Crippen molar-refractivity contribution < 1.29 is 9.53 Å². The molecular formula is C22H22N2O2S. The van der Waals surface area contributed by atoms with Gasteiger partial charge in [0, 0.05) is 0 Å². The van der Waals surface area contributed by atoms with Gasteiger partial charge >= 0.3 is 0 Å². The fourth-order valence-electron chi connectivity index (χ4n) is 4.18. The van der Waals surface area contributed by atoms with Gasteiger partial charge in [-0.15, -0.1) is 11.8 Å². The average Bonchev–Trinajstić information content (AvgIpc) is 3.28. The summed E-state index contributed by atoms with van der Waals surface area (Å²) in [6, 6.07) is 18.1. The van der Waals surface area contributed by atoms with Crippen LogP contribution >= 0.6 is 11.8 Å². The SMILES string of the molecule is O=C1NC(c2cccc(OCc3ccccc3)c2)NC2SC3=C(CCC3)C12. The number of hydrogen-bond donors (Lipinski definition) is 2. The van der Waals surface area contributed by atoms with Gasteiger partial charge in [-0.3, -0.25) is 10.1 Å². The van der Waals surface area contributed by atoms with Crippen LogP contribution in [0.15, 0.2) is 65.1 Å². The molecule has 3 unspecified atom stereocenters. The maximum atomic E-state index is 12.8. The Balaban J connectivity index is 1.29. The lowest BCUT2D eigenvalue weighted by atomic mass is 9.94. The minimum absolute atomic E-state index is 0.00117. The highest BCUT2D eigenvalue weighted by Crippen LogP contribution is 2.50. The van der Waals surface area contributed by atoms with Crippen LogP contribution in [0.25, 0.3) is 0 Å². The molecule has 1 aliphatic carbocycles. The lowest BCUT2D eigenvalue weighted by Crippen LogP contribution is -2.54. The summed E-state index contributed by atoms with van der Waals surface area (Å²) in [6.45, 7) is 0.534. The lowest BCUT2D eigenvalue weighted by Gasteiger charge is -2.35. The minimum Gasteiger partial charge on any atom is -0.489 e. The molecule has 3 aliphatic rings. The quantitative estimate of drug-likeness (QED) is 0.841. The van der Waals surface area contributed by atoms with Gasteiger partial charge in [-0.1, -0.05) is 42.5 Å². The van der Waals surface area contributed by atoms with E-state index in [-0.39, 0.29) is 23.4 Å². The molecule has 2 N–H and O–H groups in total. The Bertz CT molecular complexity index is 896. The second kappa shape index (κ2) is 7.06. The van der Waals surface area contributed by atoms with E-state index in [2.05, 4.69) is 22.8 Å². The van der Waals surface area contributed by atoms with Crippen molar-refractivity contribution in [2.24, 2.45) is 5.92 Å². The van der Waals surface area contributed by atoms with E-state index < -0.39 is 0 Å². The van der Waals surface area contributed by atoms with Crippen LogP contribution in [0.1, 0.15) is 36.6 Å². The third-order valence-electron chi connectivity index (χ3n) is 5.50. The Morgan fingerprint density at radius 2 is 1.96 bits per heavy atom. The normalized spacial score (nSPS) is 26.5. The first kappa shape index (κ1) is 16.9. The number of nitrogens with one attached hydrogen (secondary N) is 2. The van der Waals surface area contributed by atoms with Crippen molar-refractivity contribution in [3.8, 4) is 5.75 Å². The fraction of sp³-hybridized carbons (Fsp3) is 0.318. The topological polar surface area (TPSA) is 50.4 Å². The van der Waals surface area contributed by atoms with Crippen LogP contribution in [0, 0.1) is 5.92 Å². The molecule has 4 nitrogen and oxygen atoms in total. The van der Waals surface area contributed by atoms with Crippen LogP contribution in [-0.2, 0) is 11.4 Å². The van der Waals surface area contributed by atoms with Crippen molar-refractivity contribution in [1.29, 1.82) is 0 Å². The van der Waals surface area contributed by atoms with Crippen LogP contribution in [0.4, 0.5) is 0 Å². The van der Waals surface area contributed by atoms with Gasteiger partial charge in [0.15, 0.2) is 0 Å². The van der Waals surface area contributed by atoms with Gasteiger partial charge in [-0.25, -0.2) is 0 Å². The van der Waals surface area contributed by atoms with E-state index in [0.717, 1.165) is 29.7 Å². The third kappa shape index (κ3) is 3.26. The van der Waals surface area contributed by atoms with Crippen LogP contribution < -0.4 is 15.4 Å². The van der Waals surface area contributed by atoms with E-state index in [1.54, 1.807) is 0 Å². The molecule has 0 spiro atoms. The molecule has 2 aromatic carbocycles. The monoisotopic (exact) mass is 378 g/mol. The molecule has 0 aromatic heterocycles. The Hall–Kier alpha value is -2.24. The molecule has 0 radical (unpaired) electrons. The Morgan fingerprint density at radius 1 is 1.07 bits per heavy atom. The smallest absolute Gasteiger partial charge is 0.231 e. The van der Waals surface area contributed by atoms with Crippen LogP contribution in [0.2, 0.25) is 0 Å². The van der Waals surface area contributed by atoms with Gasteiger partial charge in [-0.2, -0.15) is 0 Å². The number of rotatable bonds is 4. The van der Waals surface area contributed by atoms with Crippen molar-refractivity contribution in [2.75, 3.05) is 0 Å². The highest BCUT2D eigenvalue weighted by Gasteiger charge is 2.46. The summed E-state index contributed by atoms with van der Waals surface area (Å²) < 4.78 is 5.94. The van der Waals surface area contributed by atoms with Crippen molar-refractivity contribution in [1.82, 2.24) is 10.6 Å². The molecule has 27 heavy (non-hydrogen) atoms. The summed E-state index contributed by atoms with van der Waals surface area (Å²) in [7, 11) is 0. The summed E-state index contributed by atoms with van der Waals surface area (Å²) in [6.07, 6.45) is 3.23. The zero-order valence-corrected chi connectivity index (χ0v) is 15.8. The molecule has 2 aromatic rings. The number of hydrogen-bond acceptors (Lipinski definition) is 4. The number of thioether (sulfide) groups is 1. The molecule has 0 bridgehead atoms. The Morgan fingerprint density at radius 3 is 2.85 bits per heavy atom. The first-order chi connectivity index (χ1) is 13.3. The molecule has 1 saturated heterocycles. The summed E-state index contributed by atoms with van der Waals surface area (Å²) in [5.41, 5.74) is 3.53. The second-order valence-electron chi connectivity index (χ2n) is 7.27. The predicted octanol–water partition coefficient (Wildman–Crippen LogP) is 4.11. The summed E-state index contributed by atoms with van der Waals surface area (Å²) in [5.74, 6) is 0.967. The molecule has 5 rings (SSSR count). The fourth-order valence-corrected chi connectivity index (χ4v) is 5.75. The van der Waals surface area contributed by atoms with E-state index in [0.29, 0.717) is 6.61 Å². The first-order valence-corrected chi connectivity index (χ1v) is 10.4. The number of amides is 1. The third-order valence-corrected chi connectivity index (χ3v) is 6.91. The standard InChI is InChI=1S/C22H22N2O2S/c25-21-19-17-10-5-11-18(17)27-22(19)24-20(23-21)15-8-4-9-16(12-15)26-13-14-6-2-1-3-7-14/h1-4,6-9,12,19-20,22,24H,5,10-11,13H2,(H,23,25). The number of carbonyl (C=O) groups excluding carboxylic acids is 1. The second-order valence-corrected chi connectivity index (χ2v) is 8.51. The molecular weight excluding hydrogens is 356 g/mol. The molecule has 2 aliphatic heterocycles. The van der Waals surface area contributed by atoms with Gasteiger partial charge in [0.2, 0.25) is 5.91 Å². The maximum Gasteiger partial charge on any atom is 0.231 e. The molecule has 138 valence electrons. The number of allylic oxidation sites excluding steroid dienone is 1. The van der Waals surface area contributed by atoms with Gasteiger partial charge < -0.3 is 10.1 Å². The summed E-state index contributed by atoms with van der Waals surface area (Å²) >= 11 is 1.86. The lowest BCUT2D eigenvalue weighted by molar-refractivity contribution is -0.127. The van der Waals surface area contributed by atoms with Gasteiger partial charge in [0.05, 0.1) is 11.3 Å². The van der Waals surface area contributed by atoms with E-state index in [1.165, 1.54) is 16.9 Å². The number of fused-ring (bicyclic) bond motifs is 2. The average molecular weight is 378 g/mol. The van der Waals surface area contributed by atoms with E-state index >= 15 is 0 Å². The maximum absolute atomic E-state index is 12.8. The molecule has 2 heterocycles. The molecule has 1 fully saturated rings. The van der Waals surface area contributed by atoms with Gasteiger partial charge in [-0.05, 0) is 53.0 Å².